The van der Waals surface area contributed by atoms with Gasteiger partial charge in [-0.2, -0.15) is 0 Å². The second-order valence-corrected chi connectivity index (χ2v) is 12.1. The van der Waals surface area contributed by atoms with Gasteiger partial charge in [-0.15, -0.1) is 0 Å². The molecule has 0 saturated heterocycles. The predicted octanol–water partition coefficient (Wildman–Crippen LogP) is 6.85. The molecule has 2 aliphatic rings. The molecule has 0 saturated carbocycles. The van der Waals surface area contributed by atoms with E-state index < -0.39 is 11.6 Å². The highest BCUT2D eigenvalue weighted by molar-refractivity contribution is 6.01. The zero-order valence-electron chi connectivity index (χ0n) is 26.9. The molecule has 0 aromatic heterocycles. The van der Waals surface area contributed by atoms with Crippen molar-refractivity contribution in [3.05, 3.63) is 157 Å². The Morgan fingerprint density at radius 2 is 1.49 bits per heavy atom. The fourth-order valence-electron chi connectivity index (χ4n) is 6.55. The van der Waals surface area contributed by atoms with Gasteiger partial charge < -0.3 is 19.9 Å². The van der Waals surface area contributed by atoms with E-state index in [9.17, 15) is 4.79 Å². The number of benzene rings is 4. The third kappa shape index (κ3) is 7.37. The van der Waals surface area contributed by atoms with E-state index >= 15 is 0 Å². The summed E-state index contributed by atoms with van der Waals surface area (Å²) in [7, 11) is 0. The number of nitrogens with zero attached hydrogens (tertiary/aromatic N) is 7. The molecule has 4 aromatic carbocycles. The fourth-order valence-corrected chi connectivity index (χ4v) is 6.55. The van der Waals surface area contributed by atoms with Crippen LogP contribution in [0.1, 0.15) is 51.5 Å². The van der Waals surface area contributed by atoms with E-state index in [1.54, 1.807) is 12.1 Å². The molecule has 2 N–H and O–H groups in total. The van der Waals surface area contributed by atoms with Crippen LogP contribution in [0.4, 0.5) is 0 Å². The first-order valence-corrected chi connectivity index (χ1v) is 16.2. The van der Waals surface area contributed by atoms with Crippen LogP contribution in [-0.4, -0.2) is 41.7 Å². The summed E-state index contributed by atoms with van der Waals surface area (Å²) in [6.07, 6.45) is 1.14. The topological polar surface area (TPSA) is 178 Å². The Morgan fingerprint density at radius 3 is 2.16 bits per heavy atom. The summed E-state index contributed by atoms with van der Waals surface area (Å²) >= 11 is 0. The van der Waals surface area contributed by atoms with E-state index in [1.807, 2.05) is 72.8 Å². The van der Waals surface area contributed by atoms with E-state index in [-0.39, 0.29) is 44.0 Å². The van der Waals surface area contributed by atoms with Gasteiger partial charge in [-0.25, -0.2) is 4.99 Å². The minimum Gasteiger partial charge on any atom is -0.494 e. The molecule has 2 atom stereocenters. The minimum absolute atomic E-state index is 0.0361. The highest BCUT2D eigenvalue weighted by Crippen LogP contribution is 2.44. The summed E-state index contributed by atoms with van der Waals surface area (Å²) in [5, 5.41) is 20.1. The second kappa shape index (κ2) is 15.4. The van der Waals surface area contributed by atoms with Gasteiger partial charge in [-0.3, -0.25) is 4.79 Å². The van der Waals surface area contributed by atoms with Crippen LogP contribution in [0.5, 0.6) is 5.75 Å². The highest BCUT2D eigenvalue weighted by Gasteiger charge is 2.54. The Balaban J connectivity index is 1.46. The Morgan fingerprint density at radius 1 is 0.878 bits per heavy atom. The lowest BCUT2D eigenvalue weighted by atomic mass is 9.79. The lowest BCUT2D eigenvalue weighted by molar-refractivity contribution is -0.129. The number of fused-ring (bicyclic) bond motifs is 1. The first-order chi connectivity index (χ1) is 24.0. The van der Waals surface area contributed by atoms with Gasteiger partial charge in [0, 0.05) is 40.9 Å². The fraction of sp³-hybridized carbons (Fsp3) is 0.297. The highest BCUT2D eigenvalue weighted by atomic mass is 16.5. The molecule has 12 heteroatoms. The average Bonchev–Trinajstić information content (AvgIpc) is 3.73. The SMILES string of the molecule is [N-]=[N+]=NCc1ccccc1C[C@@]1(C(=O)NC2Cc3ccccc3C2)N=C(c2ccc(OCCCO)cc2)O[C@@H]1c1ccccc1CN=[N+]=[N-]. The number of hydrogen-bond donors (Lipinski definition) is 2. The molecule has 1 aliphatic heterocycles. The van der Waals surface area contributed by atoms with Gasteiger partial charge in [0.05, 0.1) is 19.7 Å². The van der Waals surface area contributed by atoms with Crippen molar-refractivity contribution in [3.63, 3.8) is 0 Å². The maximum atomic E-state index is 15.0. The molecule has 1 amide bonds. The molecule has 1 aliphatic carbocycles. The van der Waals surface area contributed by atoms with Crippen LogP contribution < -0.4 is 10.1 Å². The standard InChI is InChI=1S/C37H36N8O4/c38-44-40-23-29-11-4-3-10-28(29)22-37(36(47)42-31-20-26-8-1-2-9-27(26)21-31)34(33-13-6-5-12-30(33)24-41-45-39)49-35(43-37)25-14-16-32(17-15-25)48-19-7-18-46/h1-6,8-17,31,34,46H,7,18-24H2,(H,42,47)/t34-,37-/m1/s1. The number of aliphatic hydroxyl groups is 1. The largest absolute Gasteiger partial charge is 0.494 e. The van der Waals surface area contributed by atoms with E-state index in [2.05, 4.69) is 37.5 Å². The van der Waals surface area contributed by atoms with Crippen molar-refractivity contribution in [1.82, 2.24) is 5.32 Å². The van der Waals surface area contributed by atoms with Gasteiger partial charge in [0.25, 0.3) is 5.91 Å². The van der Waals surface area contributed by atoms with Crippen LogP contribution in [0.15, 0.2) is 112 Å². The number of nitrogens with one attached hydrogen (secondary N) is 1. The van der Waals surface area contributed by atoms with Crippen LogP contribution in [-0.2, 0) is 41.9 Å². The number of carbonyl (C=O) groups excluding carboxylic acids is 1. The molecule has 4 aromatic rings. The van der Waals surface area contributed by atoms with Gasteiger partial charge >= 0.3 is 0 Å². The Kier molecular flexibility index (Phi) is 10.4. The summed E-state index contributed by atoms with van der Waals surface area (Å²) in [5.41, 5.74) is 22.8. The maximum Gasteiger partial charge on any atom is 0.252 e. The van der Waals surface area contributed by atoms with E-state index in [0.717, 1.165) is 11.1 Å². The van der Waals surface area contributed by atoms with Crippen LogP contribution in [0, 0.1) is 0 Å². The van der Waals surface area contributed by atoms with E-state index in [1.165, 1.54) is 11.1 Å². The Hall–Kier alpha value is -5.80. The molecule has 0 spiro atoms. The van der Waals surface area contributed by atoms with E-state index in [0.29, 0.717) is 48.3 Å². The number of ether oxygens (including phenoxy) is 2. The smallest absolute Gasteiger partial charge is 0.252 e. The zero-order chi connectivity index (χ0) is 34.1. The number of carbonyl (C=O) groups is 1. The molecule has 12 nitrogen and oxygen atoms in total. The second-order valence-electron chi connectivity index (χ2n) is 12.1. The van der Waals surface area contributed by atoms with Crippen molar-refractivity contribution in [2.45, 2.75) is 56.5 Å². The van der Waals surface area contributed by atoms with Crippen molar-refractivity contribution in [1.29, 1.82) is 0 Å². The Bertz CT molecular complexity index is 1910. The van der Waals surface area contributed by atoms with Gasteiger partial charge in [-0.05, 0) is 81.6 Å². The molecular formula is C37H36N8O4. The summed E-state index contributed by atoms with van der Waals surface area (Å²) < 4.78 is 12.5. The molecule has 1 heterocycles. The monoisotopic (exact) mass is 656 g/mol. The van der Waals surface area contributed by atoms with Gasteiger partial charge in [0.2, 0.25) is 5.90 Å². The number of rotatable bonds is 14. The summed E-state index contributed by atoms with van der Waals surface area (Å²) in [4.78, 5) is 26.1. The summed E-state index contributed by atoms with van der Waals surface area (Å²) in [6, 6.07) is 30.3. The van der Waals surface area contributed by atoms with Crippen LogP contribution in [0.2, 0.25) is 0 Å². The van der Waals surface area contributed by atoms with Crippen LogP contribution >= 0.6 is 0 Å². The molecule has 0 fully saturated rings. The third-order valence-electron chi connectivity index (χ3n) is 8.94. The van der Waals surface area contributed by atoms with Crippen molar-refractivity contribution < 1.29 is 19.4 Å². The lowest BCUT2D eigenvalue weighted by Gasteiger charge is -2.33. The van der Waals surface area contributed by atoms with Crippen molar-refractivity contribution in [2.75, 3.05) is 13.2 Å². The summed E-state index contributed by atoms with van der Waals surface area (Å²) in [5.74, 6) is 0.609. The minimum atomic E-state index is -1.50. The average molecular weight is 657 g/mol. The van der Waals surface area contributed by atoms with Gasteiger partial charge in [-0.1, -0.05) is 83.0 Å². The predicted molar refractivity (Wildman–Crippen MR) is 185 cm³/mol. The molecule has 0 bridgehead atoms. The molecule has 0 unspecified atom stereocenters. The number of amides is 1. The zero-order valence-corrected chi connectivity index (χ0v) is 26.9. The molecule has 49 heavy (non-hydrogen) atoms. The number of aliphatic imine (C=N–C) groups is 1. The quantitative estimate of drug-likeness (QED) is 0.0653. The first-order valence-electron chi connectivity index (χ1n) is 16.2. The van der Waals surface area contributed by atoms with Gasteiger partial charge in [0.1, 0.15) is 5.75 Å². The first kappa shape index (κ1) is 33.1. The van der Waals surface area contributed by atoms with Crippen molar-refractivity contribution in [2.24, 2.45) is 15.2 Å². The Labute approximate surface area is 283 Å². The normalized spacial score (nSPS) is 18.0. The molecule has 6 rings (SSSR count). The van der Waals surface area contributed by atoms with Crippen molar-refractivity contribution in [3.8, 4) is 5.75 Å². The van der Waals surface area contributed by atoms with Crippen LogP contribution in [0.25, 0.3) is 20.9 Å². The third-order valence-corrected chi connectivity index (χ3v) is 8.94. The number of hydrogen-bond acceptors (Lipinski definition) is 7. The van der Waals surface area contributed by atoms with E-state index in [4.69, 9.17) is 30.6 Å². The summed E-state index contributed by atoms with van der Waals surface area (Å²) in [6.45, 7) is 0.579. The molecule has 248 valence electrons. The van der Waals surface area contributed by atoms with Crippen LogP contribution in [0.3, 0.4) is 0 Å². The lowest BCUT2D eigenvalue weighted by Crippen LogP contribution is -2.53. The number of aliphatic hydroxyl groups excluding tert-OH is 1. The van der Waals surface area contributed by atoms with Crippen molar-refractivity contribution >= 4 is 11.8 Å². The number of azide groups is 2. The van der Waals surface area contributed by atoms with Gasteiger partial charge in [0.15, 0.2) is 11.6 Å². The molecule has 0 radical (unpaired) electrons. The molecular weight excluding hydrogens is 620 g/mol. The maximum absolute atomic E-state index is 15.0.